The SMILES string of the molecule is CCN(CC)CCOC(=O)c1ccc2nc3c(c(=O)n2c1)CCCC3=Cc1cccnc1. The Kier molecular flexibility index (Phi) is 6.75. The van der Waals surface area contributed by atoms with Gasteiger partial charge in [-0.1, -0.05) is 19.9 Å². The predicted molar refractivity (Wildman–Crippen MR) is 125 cm³/mol. The summed E-state index contributed by atoms with van der Waals surface area (Å²) in [4.78, 5) is 36.9. The van der Waals surface area contributed by atoms with Gasteiger partial charge in [-0.2, -0.15) is 0 Å². The van der Waals surface area contributed by atoms with E-state index < -0.39 is 5.97 Å². The number of pyridine rings is 2. The average molecular weight is 433 g/mol. The Morgan fingerprint density at radius 3 is 2.81 bits per heavy atom. The third-order valence-corrected chi connectivity index (χ3v) is 5.89. The lowest BCUT2D eigenvalue weighted by atomic mass is 9.91. The van der Waals surface area contributed by atoms with Gasteiger partial charge in [-0.15, -0.1) is 0 Å². The number of esters is 1. The molecule has 0 saturated heterocycles. The summed E-state index contributed by atoms with van der Waals surface area (Å²) in [5.74, 6) is -0.430. The van der Waals surface area contributed by atoms with Crippen LogP contribution in [0.2, 0.25) is 0 Å². The molecule has 7 nitrogen and oxygen atoms in total. The van der Waals surface area contributed by atoms with Crippen molar-refractivity contribution in [1.29, 1.82) is 0 Å². The molecule has 7 heteroatoms. The number of aromatic nitrogens is 3. The number of carbonyl (C=O) groups excluding carboxylic acids is 1. The number of likely N-dealkylation sites (N-methyl/N-ethyl adjacent to an activating group) is 1. The second kappa shape index (κ2) is 9.87. The highest BCUT2D eigenvalue weighted by atomic mass is 16.5. The molecule has 0 saturated carbocycles. The molecule has 0 fully saturated rings. The lowest BCUT2D eigenvalue weighted by molar-refractivity contribution is 0.0466. The Bertz CT molecular complexity index is 1200. The molecular weight excluding hydrogens is 404 g/mol. The van der Waals surface area contributed by atoms with Crippen LogP contribution in [-0.2, 0) is 11.2 Å². The number of fused-ring (bicyclic) bond motifs is 2. The van der Waals surface area contributed by atoms with Gasteiger partial charge in [0, 0.05) is 30.7 Å². The summed E-state index contributed by atoms with van der Waals surface area (Å²) in [7, 11) is 0. The van der Waals surface area contributed by atoms with Gasteiger partial charge in [0.15, 0.2) is 0 Å². The number of nitrogens with zero attached hydrogens (tertiary/aromatic N) is 4. The van der Waals surface area contributed by atoms with Crippen molar-refractivity contribution in [2.24, 2.45) is 0 Å². The standard InChI is InChI=1S/C25H28N4O3/c1-3-28(4-2)13-14-32-25(31)20-10-11-22-27-23-19(15-18-7-6-12-26-16-18)8-5-9-21(23)24(30)29(22)17-20/h6-7,10-12,15-17H,3-5,8-9,13-14H2,1-2H3. The third-order valence-electron chi connectivity index (χ3n) is 5.89. The molecule has 0 spiro atoms. The molecule has 166 valence electrons. The Balaban J connectivity index is 1.63. The van der Waals surface area contributed by atoms with Crippen LogP contribution in [0.15, 0.2) is 47.7 Å². The van der Waals surface area contributed by atoms with Crippen LogP contribution in [0.5, 0.6) is 0 Å². The van der Waals surface area contributed by atoms with Gasteiger partial charge in [-0.25, -0.2) is 9.78 Å². The molecule has 32 heavy (non-hydrogen) atoms. The number of allylic oxidation sites excluding steroid dienone is 1. The molecule has 0 amide bonds. The van der Waals surface area contributed by atoms with Gasteiger partial charge in [0.25, 0.3) is 5.56 Å². The summed E-state index contributed by atoms with van der Waals surface area (Å²) in [6.07, 6.45) is 9.55. The van der Waals surface area contributed by atoms with Gasteiger partial charge in [-0.3, -0.25) is 14.2 Å². The fraction of sp³-hybridized carbons (Fsp3) is 0.360. The van der Waals surface area contributed by atoms with Crippen molar-refractivity contribution >= 4 is 23.3 Å². The number of ether oxygens (including phenoxy) is 1. The molecule has 0 radical (unpaired) electrons. The molecule has 1 aliphatic rings. The average Bonchev–Trinajstić information content (AvgIpc) is 2.83. The fourth-order valence-electron chi connectivity index (χ4n) is 4.05. The van der Waals surface area contributed by atoms with Gasteiger partial charge in [0.1, 0.15) is 12.3 Å². The largest absolute Gasteiger partial charge is 0.461 e. The van der Waals surface area contributed by atoms with Crippen molar-refractivity contribution in [3.63, 3.8) is 0 Å². The molecule has 0 atom stereocenters. The van der Waals surface area contributed by atoms with Crippen LogP contribution in [0.1, 0.15) is 53.9 Å². The Morgan fingerprint density at radius 2 is 2.06 bits per heavy atom. The number of rotatable bonds is 7. The van der Waals surface area contributed by atoms with E-state index in [0.717, 1.165) is 42.8 Å². The molecule has 0 unspecified atom stereocenters. The molecular formula is C25H28N4O3. The molecule has 1 aliphatic carbocycles. The summed E-state index contributed by atoms with van der Waals surface area (Å²) in [6, 6.07) is 7.25. The second-order valence-electron chi connectivity index (χ2n) is 7.86. The zero-order chi connectivity index (χ0) is 22.5. The quantitative estimate of drug-likeness (QED) is 0.532. The van der Waals surface area contributed by atoms with Crippen LogP contribution in [0.25, 0.3) is 17.3 Å². The summed E-state index contributed by atoms with van der Waals surface area (Å²) in [5, 5.41) is 0. The number of hydrogen-bond acceptors (Lipinski definition) is 6. The Morgan fingerprint density at radius 1 is 1.22 bits per heavy atom. The number of carbonyl (C=O) groups is 1. The lowest BCUT2D eigenvalue weighted by Crippen LogP contribution is -2.28. The smallest absolute Gasteiger partial charge is 0.339 e. The topological polar surface area (TPSA) is 76.8 Å². The second-order valence-corrected chi connectivity index (χ2v) is 7.86. The van der Waals surface area contributed by atoms with Crippen molar-refractivity contribution in [3.8, 4) is 0 Å². The molecule has 0 aliphatic heterocycles. The first-order valence-electron chi connectivity index (χ1n) is 11.2. The van der Waals surface area contributed by atoms with Crippen molar-refractivity contribution in [2.75, 3.05) is 26.2 Å². The highest BCUT2D eigenvalue weighted by molar-refractivity contribution is 5.89. The highest BCUT2D eigenvalue weighted by Crippen LogP contribution is 2.29. The van der Waals surface area contributed by atoms with Crippen molar-refractivity contribution < 1.29 is 9.53 Å². The molecule has 3 aromatic rings. The maximum Gasteiger partial charge on any atom is 0.339 e. The summed E-state index contributed by atoms with van der Waals surface area (Å²) in [6.45, 7) is 6.98. The van der Waals surface area contributed by atoms with Crippen molar-refractivity contribution in [3.05, 3.63) is 75.6 Å². The monoisotopic (exact) mass is 432 g/mol. The van der Waals surface area contributed by atoms with Crippen LogP contribution in [-0.4, -0.2) is 51.5 Å². The Hall–Kier alpha value is -3.32. The van der Waals surface area contributed by atoms with Gasteiger partial charge in [0.05, 0.1) is 11.3 Å². The zero-order valence-corrected chi connectivity index (χ0v) is 18.6. The minimum Gasteiger partial charge on any atom is -0.461 e. The number of hydrogen-bond donors (Lipinski definition) is 0. The van der Waals surface area contributed by atoms with E-state index in [1.807, 2.05) is 12.1 Å². The van der Waals surface area contributed by atoms with Crippen LogP contribution in [0, 0.1) is 0 Å². The molecule has 3 aromatic heterocycles. The fourth-order valence-corrected chi connectivity index (χ4v) is 4.05. The Labute approximate surface area is 187 Å². The van der Waals surface area contributed by atoms with Crippen molar-refractivity contribution in [1.82, 2.24) is 19.3 Å². The van der Waals surface area contributed by atoms with Crippen LogP contribution >= 0.6 is 0 Å². The first-order valence-corrected chi connectivity index (χ1v) is 11.2. The van der Waals surface area contributed by atoms with Gasteiger partial charge < -0.3 is 9.64 Å². The van der Waals surface area contributed by atoms with E-state index in [4.69, 9.17) is 9.72 Å². The van der Waals surface area contributed by atoms with Gasteiger partial charge >= 0.3 is 5.97 Å². The predicted octanol–water partition coefficient (Wildman–Crippen LogP) is 3.47. The highest BCUT2D eigenvalue weighted by Gasteiger charge is 2.21. The molecule has 4 rings (SSSR count). The summed E-state index contributed by atoms with van der Waals surface area (Å²) >= 11 is 0. The first-order chi connectivity index (χ1) is 15.6. The molecule has 0 bridgehead atoms. The zero-order valence-electron chi connectivity index (χ0n) is 18.6. The molecule has 0 N–H and O–H groups in total. The van der Waals surface area contributed by atoms with Crippen LogP contribution < -0.4 is 5.56 Å². The van der Waals surface area contributed by atoms with E-state index >= 15 is 0 Å². The lowest BCUT2D eigenvalue weighted by Gasteiger charge is -2.19. The van der Waals surface area contributed by atoms with E-state index in [1.165, 1.54) is 4.40 Å². The van der Waals surface area contributed by atoms with Crippen LogP contribution in [0.3, 0.4) is 0 Å². The van der Waals surface area contributed by atoms with E-state index in [9.17, 15) is 9.59 Å². The minimum atomic E-state index is -0.430. The summed E-state index contributed by atoms with van der Waals surface area (Å²) < 4.78 is 6.88. The van der Waals surface area contributed by atoms with Gasteiger partial charge in [0.2, 0.25) is 0 Å². The van der Waals surface area contributed by atoms with Gasteiger partial charge in [-0.05, 0) is 67.8 Å². The van der Waals surface area contributed by atoms with E-state index in [-0.39, 0.29) is 5.56 Å². The van der Waals surface area contributed by atoms with Crippen molar-refractivity contribution in [2.45, 2.75) is 33.1 Å². The molecule has 0 aromatic carbocycles. The minimum absolute atomic E-state index is 0.125. The van der Waals surface area contributed by atoms with E-state index in [1.54, 1.807) is 30.7 Å². The van der Waals surface area contributed by atoms with E-state index in [0.29, 0.717) is 36.3 Å². The van der Waals surface area contributed by atoms with Crippen LogP contribution in [0.4, 0.5) is 0 Å². The summed E-state index contributed by atoms with van der Waals surface area (Å²) in [5.41, 5.74) is 4.21. The van der Waals surface area contributed by atoms with E-state index in [2.05, 4.69) is 29.8 Å². The third kappa shape index (κ3) is 4.62. The first kappa shape index (κ1) is 21.9. The molecule has 3 heterocycles. The maximum absolute atomic E-state index is 13.3. The maximum atomic E-state index is 13.3. The normalized spacial score (nSPS) is 14.7.